The maximum Gasteiger partial charge on any atom is 0.333 e. The van der Waals surface area contributed by atoms with Gasteiger partial charge in [-0.3, -0.25) is 9.69 Å². The maximum absolute atomic E-state index is 11.5. The summed E-state index contributed by atoms with van der Waals surface area (Å²) in [5.41, 5.74) is -0.961. The molecule has 1 saturated heterocycles. The molecule has 0 radical (unpaired) electrons. The summed E-state index contributed by atoms with van der Waals surface area (Å²) in [6, 6.07) is 0.216. The highest BCUT2D eigenvalue weighted by atomic mass is 35.5. The van der Waals surface area contributed by atoms with Crippen molar-refractivity contribution in [1.29, 1.82) is 0 Å². The third-order valence-corrected chi connectivity index (χ3v) is 3.33. The Kier molecular flexibility index (Phi) is 1.37. The van der Waals surface area contributed by atoms with Crippen LogP contribution in [0.1, 0.15) is 12.8 Å². The number of carbonyl (C=O) groups excluding carboxylic acids is 2. The highest BCUT2D eigenvalue weighted by Crippen LogP contribution is 2.47. The molecule has 0 aromatic heterocycles. The summed E-state index contributed by atoms with van der Waals surface area (Å²) < 4.78 is 5.10. The number of β-lactam (4-membered cyclic amide) rings is 1. The Morgan fingerprint density at radius 2 is 2.21 bits per heavy atom. The highest BCUT2D eigenvalue weighted by Gasteiger charge is 2.66. The van der Waals surface area contributed by atoms with Crippen LogP contribution in [-0.2, 0) is 14.3 Å². The van der Waals surface area contributed by atoms with Crippen molar-refractivity contribution in [3.8, 4) is 0 Å². The molecule has 0 N–H and O–H groups in total. The van der Waals surface area contributed by atoms with Gasteiger partial charge in [0.2, 0.25) is 5.72 Å². The molecule has 0 aromatic carbocycles. The fourth-order valence-corrected chi connectivity index (χ4v) is 2.34. The number of hydrogen-bond acceptors (Lipinski definition) is 3. The van der Waals surface area contributed by atoms with E-state index in [0.717, 1.165) is 12.8 Å². The van der Waals surface area contributed by atoms with E-state index < -0.39 is 17.1 Å². The molecule has 1 aliphatic carbocycles. The van der Waals surface area contributed by atoms with Crippen LogP contribution in [0.25, 0.3) is 0 Å². The van der Waals surface area contributed by atoms with Gasteiger partial charge in [0.1, 0.15) is 0 Å². The normalized spacial score (nSPS) is 40.4. The van der Waals surface area contributed by atoms with Crippen LogP contribution in [0.15, 0.2) is 12.2 Å². The summed E-state index contributed by atoms with van der Waals surface area (Å²) in [7, 11) is 0. The van der Waals surface area contributed by atoms with Crippen molar-refractivity contribution < 1.29 is 14.3 Å². The SMILES string of the molecule is O=C1C=C[C@]2(O1)[C@H](Cl)C(=O)N2C1CC1. The van der Waals surface area contributed by atoms with E-state index in [9.17, 15) is 9.59 Å². The average molecular weight is 214 g/mol. The number of carbonyl (C=O) groups is 2. The van der Waals surface area contributed by atoms with Gasteiger partial charge in [0.15, 0.2) is 5.38 Å². The lowest BCUT2D eigenvalue weighted by Crippen LogP contribution is -2.72. The fourth-order valence-electron chi connectivity index (χ4n) is 2.01. The molecule has 74 valence electrons. The van der Waals surface area contributed by atoms with Gasteiger partial charge in [-0.1, -0.05) is 0 Å². The summed E-state index contributed by atoms with van der Waals surface area (Å²) in [5, 5.41) is -0.745. The first-order valence-corrected chi connectivity index (χ1v) is 4.98. The molecule has 1 saturated carbocycles. The van der Waals surface area contributed by atoms with Crippen molar-refractivity contribution in [2.45, 2.75) is 30.0 Å². The van der Waals surface area contributed by atoms with Gasteiger partial charge in [0.05, 0.1) is 0 Å². The Morgan fingerprint density at radius 3 is 2.71 bits per heavy atom. The first-order valence-electron chi connectivity index (χ1n) is 4.54. The summed E-state index contributed by atoms with van der Waals surface area (Å²) in [5.74, 6) is -0.553. The molecule has 5 heteroatoms. The number of likely N-dealkylation sites (tertiary alicyclic amines) is 1. The van der Waals surface area contributed by atoms with Gasteiger partial charge in [-0.15, -0.1) is 11.6 Å². The lowest BCUT2D eigenvalue weighted by Gasteiger charge is -2.50. The average Bonchev–Trinajstić information content (AvgIpc) is 2.90. The van der Waals surface area contributed by atoms with E-state index in [-0.39, 0.29) is 11.9 Å². The molecule has 1 amide bonds. The Morgan fingerprint density at radius 1 is 1.50 bits per heavy atom. The maximum atomic E-state index is 11.5. The molecule has 0 bridgehead atoms. The molecule has 3 rings (SSSR count). The van der Waals surface area contributed by atoms with Crippen LogP contribution in [-0.4, -0.2) is 33.9 Å². The first-order chi connectivity index (χ1) is 6.65. The van der Waals surface area contributed by atoms with E-state index in [1.807, 2.05) is 0 Å². The van der Waals surface area contributed by atoms with E-state index in [1.165, 1.54) is 6.08 Å². The van der Waals surface area contributed by atoms with Gasteiger partial charge in [0.25, 0.3) is 5.91 Å². The van der Waals surface area contributed by atoms with Crippen LogP contribution < -0.4 is 0 Å². The number of amides is 1. The molecule has 1 spiro atoms. The Labute approximate surface area is 85.5 Å². The minimum absolute atomic E-state index is 0.131. The second kappa shape index (κ2) is 2.31. The van der Waals surface area contributed by atoms with E-state index in [1.54, 1.807) is 11.0 Å². The van der Waals surface area contributed by atoms with E-state index in [2.05, 4.69) is 0 Å². The molecule has 0 aromatic rings. The van der Waals surface area contributed by atoms with Crippen molar-refractivity contribution in [2.75, 3.05) is 0 Å². The summed E-state index contributed by atoms with van der Waals surface area (Å²) in [6.07, 6.45) is 4.87. The lowest BCUT2D eigenvalue weighted by atomic mass is 9.96. The number of nitrogens with zero attached hydrogens (tertiary/aromatic N) is 1. The summed E-state index contributed by atoms with van der Waals surface area (Å²) in [6.45, 7) is 0. The molecule has 2 aliphatic heterocycles. The Balaban J connectivity index is 1.94. The minimum Gasteiger partial charge on any atom is -0.430 e. The smallest absolute Gasteiger partial charge is 0.333 e. The number of halogens is 1. The quantitative estimate of drug-likeness (QED) is 0.360. The van der Waals surface area contributed by atoms with Gasteiger partial charge >= 0.3 is 5.97 Å². The van der Waals surface area contributed by atoms with Gasteiger partial charge in [-0.2, -0.15) is 0 Å². The molecular formula is C9H8ClNO3. The number of hydrogen-bond donors (Lipinski definition) is 0. The Hall–Kier alpha value is -1.03. The molecule has 3 aliphatic rings. The zero-order valence-corrected chi connectivity index (χ0v) is 8.03. The summed E-state index contributed by atoms with van der Waals surface area (Å²) in [4.78, 5) is 24.1. The van der Waals surface area contributed by atoms with Gasteiger partial charge in [0, 0.05) is 12.1 Å². The molecular weight excluding hydrogens is 206 g/mol. The second-order valence-electron chi connectivity index (χ2n) is 3.81. The number of rotatable bonds is 1. The number of ether oxygens (including phenoxy) is 1. The van der Waals surface area contributed by atoms with Crippen molar-refractivity contribution >= 4 is 23.5 Å². The summed E-state index contributed by atoms with van der Waals surface area (Å²) >= 11 is 5.87. The number of alkyl halides is 1. The second-order valence-corrected chi connectivity index (χ2v) is 4.24. The highest BCUT2D eigenvalue weighted by molar-refractivity contribution is 6.34. The standard InChI is InChI=1S/C9H8ClNO3/c10-7-8(13)11(5-1-2-5)9(7)4-3-6(12)14-9/h3-5,7H,1-2H2/t7-,9+/m1/s1. The molecule has 0 unspecified atom stereocenters. The van der Waals surface area contributed by atoms with Crippen LogP contribution in [0.5, 0.6) is 0 Å². The largest absolute Gasteiger partial charge is 0.430 e. The van der Waals surface area contributed by atoms with E-state index in [4.69, 9.17) is 16.3 Å². The third kappa shape index (κ3) is 0.798. The van der Waals surface area contributed by atoms with Crippen LogP contribution >= 0.6 is 11.6 Å². The van der Waals surface area contributed by atoms with Crippen LogP contribution in [0.4, 0.5) is 0 Å². The Bertz CT molecular complexity index is 363. The van der Waals surface area contributed by atoms with Crippen LogP contribution in [0.3, 0.4) is 0 Å². The van der Waals surface area contributed by atoms with E-state index in [0.29, 0.717) is 0 Å². The van der Waals surface area contributed by atoms with Crippen LogP contribution in [0.2, 0.25) is 0 Å². The fraction of sp³-hybridized carbons (Fsp3) is 0.556. The topological polar surface area (TPSA) is 46.6 Å². The molecule has 4 nitrogen and oxygen atoms in total. The van der Waals surface area contributed by atoms with Gasteiger partial charge in [-0.25, -0.2) is 4.79 Å². The predicted molar refractivity (Wildman–Crippen MR) is 47.5 cm³/mol. The first kappa shape index (κ1) is 8.29. The lowest BCUT2D eigenvalue weighted by molar-refractivity contribution is -0.196. The van der Waals surface area contributed by atoms with Crippen molar-refractivity contribution in [2.24, 2.45) is 0 Å². The van der Waals surface area contributed by atoms with Gasteiger partial charge < -0.3 is 4.74 Å². The molecule has 14 heavy (non-hydrogen) atoms. The molecule has 2 atom stereocenters. The molecule has 2 heterocycles. The zero-order chi connectivity index (χ0) is 9.92. The zero-order valence-electron chi connectivity index (χ0n) is 7.27. The van der Waals surface area contributed by atoms with Crippen molar-refractivity contribution in [3.05, 3.63) is 12.2 Å². The molecule has 2 fully saturated rings. The van der Waals surface area contributed by atoms with Crippen molar-refractivity contribution in [1.82, 2.24) is 4.90 Å². The van der Waals surface area contributed by atoms with E-state index >= 15 is 0 Å². The monoisotopic (exact) mass is 213 g/mol. The third-order valence-electron chi connectivity index (χ3n) is 2.83. The van der Waals surface area contributed by atoms with Crippen LogP contribution in [0, 0.1) is 0 Å². The predicted octanol–water partition coefficient (Wildman–Crippen LogP) is 0.408. The van der Waals surface area contributed by atoms with Gasteiger partial charge in [-0.05, 0) is 18.9 Å². The van der Waals surface area contributed by atoms with Crippen molar-refractivity contribution in [3.63, 3.8) is 0 Å². The minimum atomic E-state index is -0.961. The number of esters is 1.